The molecule has 0 aromatic heterocycles. The van der Waals surface area contributed by atoms with Crippen molar-refractivity contribution in [1.29, 1.82) is 0 Å². The van der Waals surface area contributed by atoms with Crippen molar-refractivity contribution in [2.45, 2.75) is 14.9 Å². The topological polar surface area (TPSA) is 136 Å². The first-order valence-corrected chi connectivity index (χ1v) is 13.0. The number of rotatable bonds is 5. The molecule has 0 aliphatic heterocycles. The summed E-state index contributed by atoms with van der Waals surface area (Å²) in [6.07, 6.45) is 0. The Hall–Kier alpha value is -1.99. The van der Waals surface area contributed by atoms with Gasteiger partial charge in [-0.25, -0.2) is 0 Å². The van der Waals surface area contributed by atoms with E-state index in [2.05, 4.69) is 0 Å². The minimum atomic E-state index is -2.87. The van der Waals surface area contributed by atoms with Crippen molar-refractivity contribution >= 4 is 35.7 Å². The van der Waals surface area contributed by atoms with Crippen molar-refractivity contribution in [3.63, 3.8) is 0 Å². The number of nitrogens with zero attached hydrogens (tertiary/aromatic N) is 3. The molecule has 0 atom stereocenters. The van der Waals surface area contributed by atoms with E-state index in [0.717, 1.165) is 6.07 Å². The van der Waals surface area contributed by atoms with Gasteiger partial charge in [-0.3, -0.25) is 0 Å². The van der Waals surface area contributed by atoms with Gasteiger partial charge in [-0.1, -0.05) is 0 Å². The fourth-order valence-electron chi connectivity index (χ4n) is 1.22. The fourth-order valence-corrected chi connectivity index (χ4v) is 2.61. The van der Waals surface area contributed by atoms with Gasteiger partial charge in [-0.15, -0.1) is 0 Å². The number of non-ortho nitro benzene ring substituents is 1. The third-order valence-corrected chi connectivity index (χ3v) is 3.61. The maximum absolute atomic E-state index is 11.8. The van der Waals surface area contributed by atoms with E-state index in [4.69, 9.17) is 3.20 Å². The molecular weight excluding hydrogens is 390 g/mol. The number of nitro benzene ring substituents is 2. The third-order valence-electron chi connectivity index (χ3n) is 1.95. The summed E-state index contributed by atoms with van der Waals surface area (Å²) in [7, 11) is 0. The summed E-state index contributed by atoms with van der Waals surface area (Å²) in [4.78, 5) is 36.3. The van der Waals surface area contributed by atoms with Gasteiger partial charge in [-0.2, -0.15) is 0 Å². The molecule has 11 heteroatoms. The van der Waals surface area contributed by atoms with Crippen LogP contribution in [0.5, 0.6) is 5.75 Å². The van der Waals surface area contributed by atoms with E-state index in [9.17, 15) is 30.2 Å². The predicted molar refractivity (Wildman–Crippen MR) is 69.1 cm³/mol. The van der Waals surface area contributed by atoms with Crippen LogP contribution >= 0.6 is 0 Å². The van der Waals surface area contributed by atoms with E-state index in [-0.39, 0.29) is 4.92 Å². The maximum atomic E-state index is 11.8. The van der Waals surface area contributed by atoms with E-state index in [1.807, 2.05) is 0 Å². The van der Waals surface area contributed by atoms with Crippen molar-refractivity contribution in [3.05, 3.63) is 37.3 Å². The average Bonchev–Trinajstić information content (AvgIpc) is 2.25. The molecule has 110 valence electrons. The van der Waals surface area contributed by atoms with Crippen LogP contribution in [0.2, 0.25) is 14.9 Å². The standard InChI is InChI=1S/C9H11N3O7Te/c1-20(2,3)19-12(18)8-5-6(10(14)15)4-7(9(8)13)11(16)17/h4-5H,1-3H3/p+1. The summed E-state index contributed by atoms with van der Waals surface area (Å²) in [6.45, 7) is 0. The van der Waals surface area contributed by atoms with Gasteiger partial charge < -0.3 is 0 Å². The second-order valence-corrected chi connectivity index (χ2v) is 14.7. The van der Waals surface area contributed by atoms with Gasteiger partial charge in [0.15, 0.2) is 0 Å². The van der Waals surface area contributed by atoms with E-state index < -0.39 is 51.2 Å². The summed E-state index contributed by atoms with van der Waals surface area (Å²) < 4.78 is 5.04. The Morgan fingerprint density at radius 2 is 1.55 bits per heavy atom. The van der Waals surface area contributed by atoms with Gasteiger partial charge in [0.25, 0.3) is 0 Å². The third kappa shape index (κ3) is 3.75. The van der Waals surface area contributed by atoms with Crippen molar-refractivity contribution < 1.29 is 23.1 Å². The van der Waals surface area contributed by atoms with Crippen molar-refractivity contribution in [1.82, 2.24) is 0 Å². The molecule has 10 nitrogen and oxygen atoms in total. The quantitative estimate of drug-likeness (QED) is 0.454. The Labute approximate surface area is 117 Å². The molecule has 0 saturated carbocycles. The monoisotopic (exact) mass is 404 g/mol. The second kappa shape index (κ2) is 5.56. The first kappa shape index (κ1) is 16.1. The molecule has 0 aliphatic carbocycles. The van der Waals surface area contributed by atoms with Crippen LogP contribution in [0, 0.1) is 25.1 Å². The van der Waals surface area contributed by atoms with Gasteiger partial charge in [0.2, 0.25) is 0 Å². The van der Waals surface area contributed by atoms with Crippen LogP contribution in [0.25, 0.3) is 0 Å². The van der Waals surface area contributed by atoms with Crippen LogP contribution in [0.4, 0.5) is 17.1 Å². The summed E-state index contributed by atoms with van der Waals surface area (Å²) >= 11 is -2.87. The van der Waals surface area contributed by atoms with Crippen molar-refractivity contribution in [2.24, 2.45) is 0 Å². The zero-order valence-corrected chi connectivity index (χ0v) is 13.1. The molecule has 0 spiro atoms. The first-order chi connectivity index (χ1) is 9.03. The van der Waals surface area contributed by atoms with Gasteiger partial charge in [0.1, 0.15) is 0 Å². The molecule has 0 unspecified atom stereocenters. The zero-order valence-electron chi connectivity index (χ0n) is 10.8. The number of phenols is 1. The van der Waals surface area contributed by atoms with Crippen LogP contribution in [0.3, 0.4) is 0 Å². The van der Waals surface area contributed by atoms with Gasteiger partial charge in [0.05, 0.1) is 0 Å². The van der Waals surface area contributed by atoms with Crippen LogP contribution in [-0.2, 0) is 3.20 Å². The van der Waals surface area contributed by atoms with Gasteiger partial charge in [0, 0.05) is 0 Å². The average molecular weight is 402 g/mol. The molecule has 1 rings (SSSR count). The molecule has 20 heavy (non-hydrogen) atoms. The molecule has 1 N–H and O–H groups in total. The molecule has 0 radical (unpaired) electrons. The summed E-state index contributed by atoms with van der Waals surface area (Å²) in [6, 6.07) is 1.30. The van der Waals surface area contributed by atoms with E-state index in [1.165, 1.54) is 0 Å². The molecule has 0 saturated heterocycles. The molecular formula is C9H12N3O7Te+. The Balaban J connectivity index is 3.41. The molecule has 0 amide bonds. The van der Waals surface area contributed by atoms with Crippen LogP contribution in [0.15, 0.2) is 12.1 Å². The Morgan fingerprint density at radius 1 is 1.05 bits per heavy atom. The summed E-state index contributed by atoms with van der Waals surface area (Å²) in [5.74, 6) is -0.970. The molecule has 0 bridgehead atoms. The molecule has 1 aromatic carbocycles. The minimum absolute atomic E-state index is 0.101. The predicted octanol–water partition coefficient (Wildman–Crippen LogP) is 2.39. The van der Waals surface area contributed by atoms with Crippen LogP contribution < -0.4 is 0 Å². The number of aromatic hydroxyl groups is 1. The van der Waals surface area contributed by atoms with Crippen LogP contribution in [0.1, 0.15) is 0 Å². The van der Waals surface area contributed by atoms with Gasteiger partial charge >= 0.3 is 117 Å². The molecule has 0 aliphatic rings. The Bertz CT molecular complexity index is 596. The Kier molecular flexibility index (Phi) is 4.46. The number of nitro groups is 2. The van der Waals surface area contributed by atoms with E-state index in [1.54, 1.807) is 14.9 Å². The van der Waals surface area contributed by atoms with E-state index in [0.29, 0.717) is 6.07 Å². The second-order valence-electron chi connectivity index (χ2n) is 4.40. The first-order valence-electron chi connectivity index (χ1n) is 5.04. The fraction of sp³-hybridized carbons (Fsp3) is 0.333. The van der Waals surface area contributed by atoms with Crippen molar-refractivity contribution in [3.8, 4) is 5.75 Å². The summed E-state index contributed by atoms with van der Waals surface area (Å²) in [5, 5.41) is 31.1. The van der Waals surface area contributed by atoms with Crippen molar-refractivity contribution in [2.75, 3.05) is 0 Å². The normalized spacial score (nSPS) is 11.8. The molecule has 0 heterocycles. The summed E-state index contributed by atoms with van der Waals surface area (Å²) in [5.41, 5.74) is -2.27. The number of hydrogen-bond acceptors (Lipinski definition) is 7. The number of hydrogen-bond donors (Lipinski definition) is 1. The Morgan fingerprint density at radius 3 is 1.95 bits per heavy atom. The SMILES string of the molecule is C[Te](C)(C)O[N+](=O)c1cc([N+](=O)[O-])cc([N+](=O)[O-])c1O. The molecule has 1 aromatic rings. The van der Waals surface area contributed by atoms with E-state index >= 15 is 0 Å². The van der Waals surface area contributed by atoms with Crippen LogP contribution in [-0.4, -0.2) is 38.5 Å². The zero-order chi connectivity index (χ0) is 15.7. The number of benzene rings is 1. The molecule has 0 fully saturated rings. The number of phenolic OH excluding ortho intramolecular Hbond substituents is 1. The van der Waals surface area contributed by atoms with Gasteiger partial charge in [-0.05, 0) is 0 Å².